The molecule has 1 saturated heterocycles. The van der Waals surface area contributed by atoms with Crippen LogP contribution in [0.2, 0.25) is 0 Å². The maximum Gasteiger partial charge on any atom is 0.274 e. The third kappa shape index (κ3) is 3.05. The van der Waals surface area contributed by atoms with Gasteiger partial charge in [-0.15, -0.1) is 0 Å². The molecular formula is C22H23BrN4O. The molecule has 2 aliphatic heterocycles. The molecule has 0 atom stereocenters. The Labute approximate surface area is 172 Å². The topological polar surface area (TPSA) is 49.6 Å². The van der Waals surface area contributed by atoms with E-state index in [2.05, 4.69) is 50.5 Å². The summed E-state index contributed by atoms with van der Waals surface area (Å²) in [6.45, 7) is 4.47. The number of hydrogen-bond acceptors (Lipinski definition) is 3. The molecule has 0 radical (unpaired) electrons. The van der Waals surface area contributed by atoms with E-state index in [4.69, 9.17) is 0 Å². The van der Waals surface area contributed by atoms with E-state index in [1.54, 1.807) is 0 Å². The molecule has 0 aliphatic carbocycles. The maximum absolute atomic E-state index is 13.1. The highest BCUT2D eigenvalue weighted by atomic mass is 79.9. The first-order chi connectivity index (χ1) is 13.5. The molecule has 6 heteroatoms. The van der Waals surface area contributed by atoms with E-state index in [0.29, 0.717) is 5.69 Å². The SMILES string of the molecule is Cc1cc(Br)cn2cc(C(=O)N3CCC4(CC3)Cc3ccccc3CN4)nc12. The first-order valence-corrected chi connectivity index (χ1v) is 10.6. The summed E-state index contributed by atoms with van der Waals surface area (Å²) in [6, 6.07) is 10.7. The van der Waals surface area contributed by atoms with Crippen LogP contribution >= 0.6 is 15.9 Å². The summed E-state index contributed by atoms with van der Waals surface area (Å²) >= 11 is 3.51. The molecule has 2 aliphatic rings. The number of hydrogen-bond donors (Lipinski definition) is 1. The van der Waals surface area contributed by atoms with Crippen LogP contribution in [-0.4, -0.2) is 38.8 Å². The number of nitrogens with zero attached hydrogens (tertiary/aromatic N) is 3. The molecule has 4 heterocycles. The second-order valence-corrected chi connectivity index (χ2v) is 8.99. The number of benzene rings is 1. The number of imidazole rings is 1. The fourth-order valence-electron chi connectivity index (χ4n) is 4.59. The Hall–Kier alpha value is -2.18. The van der Waals surface area contributed by atoms with Gasteiger partial charge in [-0.1, -0.05) is 24.3 Å². The second-order valence-electron chi connectivity index (χ2n) is 8.07. The zero-order valence-electron chi connectivity index (χ0n) is 15.9. The average Bonchev–Trinajstić information content (AvgIpc) is 3.12. The van der Waals surface area contributed by atoms with Gasteiger partial charge in [0, 0.05) is 42.0 Å². The number of amides is 1. The average molecular weight is 439 g/mol. The number of halogens is 1. The number of pyridine rings is 1. The standard InChI is InChI=1S/C22H23BrN4O/c1-15-10-18(23)13-27-14-19(25-20(15)27)21(28)26-8-6-22(7-9-26)11-16-4-2-3-5-17(16)12-24-22/h2-5,10,13-14,24H,6-9,11-12H2,1H3. The molecule has 144 valence electrons. The number of nitrogens with one attached hydrogen (secondary N) is 1. The monoisotopic (exact) mass is 438 g/mol. The summed E-state index contributed by atoms with van der Waals surface area (Å²) in [5.41, 5.74) is 5.38. The molecule has 1 N–H and O–H groups in total. The van der Waals surface area contributed by atoms with Crippen LogP contribution in [0, 0.1) is 6.92 Å². The zero-order valence-corrected chi connectivity index (χ0v) is 17.5. The smallest absolute Gasteiger partial charge is 0.274 e. The van der Waals surface area contributed by atoms with E-state index >= 15 is 0 Å². The number of piperidine rings is 1. The summed E-state index contributed by atoms with van der Waals surface area (Å²) in [5.74, 6) is 0.0327. The summed E-state index contributed by atoms with van der Waals surface area (Å²) in [4.78, 5) is 19.6. The Morgan fingerprint density at radius 1 is 1.18 bits per heavy atom. The van der Waals surface area contributed by atoms with Gasteiger partial charge in [-0.2, -0.15) is 0 Å². The van der Waals surface area contributed by atoms with Crippen molar-refractivity contribution in [3.63, 3.8) is 0 Å². The fourth-order valence-corrected chi connectivity index (χ4v) is 5.16. The molecule has 1 amide bonds. The van der Waals surface area contributed by atoms with Crippen molar-refractivity contribution in [2.24, 2.45) is 0 Å². The number of rotatable bonds is 1. The molecule has 3 aromatic rings. The predicted octanol–water partition coefficient (Wildman–Crippen LogP) is 3.73. The van der Waals surface area contributed by atoms with Gasteiger partial charge < -0.3 is 14.6 Å². The lowest BCUT2D eigenvalue weighted by atomic mass is 9.78. The van der Waals surface area contributed by atoms with Gasteiger partial charge in [-0.3, -0.25) is 4.79 Å². The Morgan fingerprint density at radius 3 is 2.71 bits per heavy atom. The van der Waals surface area contributed by atoms with Gasteiger partial charge in [0.05, 0.1) is 0 Å². The van der Waals surface area contributed by atoms with Crippen LogP contribution in [0.1, 0.15) is 40.0 Å². The third-order valence-corrected chi connectivity index (χ3v) is 6.66. The van der Waals surface area contributed by atoms with Gasteiger partial charge in [0.1, 0.15) is 11.3 Å². The second kappa shape index (κ2) is 6.71. The van der Waals surface area contributed by atoms with E-state index in [0.717, 1.165) is 54.6 Å². The molecule has 1 fully saturated rings. The van der Waals surface area contributed by atoms with E-state index in [-0.39, 0.29) is 11.4 Å². The van der Waals surface area contributed by atoms with E-state index in [9.17, 15) is 4.79 Å². The summed E-state index contributed by atoms with van der Waals surface area (Å²) in [6.07, 6.45) is 6.79. The van der Waals surface area contributed by atoms with Crippen LogP contribution in [0.15, 0.2) is 47.2 Å². The lowest BCUT2D eigenvalue weighted by Crippen LogP contribution is -2.57. The minimum absolute atomic E-state index is 0.0327. The van der Waals surface area contributed by atoms with Crippen molar-refractivity contribution in [2.75, 3.05) is 13.1 Å². The van der Waals surface area contributed by atoms with Crippen molar-refractivity contribution in [2.45, 2.75) is 38.3 Å². The zero-order chi connectivity index (χ0) is 19.3. The maximum atomic E-state index is 13.1. The summed E-state index contributed by atoms with van der Waals surface area (Å²) < 4.78 is 2.91. The van der Waals surface area contributed by atoms with Crippen LogP contribution in [0.4, 0.5) is 0 Å². The fraction of sp³-hybridized carbons (Fsp3) is 0.364. The van der Waals surface area contributed by atoms with Gasteiger partial charge in [-0.25, -0.2) is 4.98 Å². The molecule has 5 rings (SSSR count). The molecule has 28 heavy (non-hydrogen) atoms. The number of carbonyl (C=O) groups excluding carboxylic acids is 1. The van der Waals surface area contributed by atoms with Crippen molar-refractivity contribution >= 4 is 27.5 Å². The van der Waals surface area contributed by atoms with Crippen molar-refractivity contribution in [3.05, 3.63) is 69.6 Å². The van der Waals surface area contributed by atoms with E-state index in [1.807, 2.05) is 34.7 Å². The number of likely N-dealkylation sites (tertiary alicyclic amines) is 1. The van der Waals surface area contributed by atoms with Gasteiger partial charge >= 0.3 is 0 Å². The lowest BCUT2D eigenvalue weighted by molar-refractivity contribution is 0.0626. The highest BCUT2D eigenvalue weighted by molar-refractivity contribution is 9.10. The largest absolute Gasteiger partial charge is 0.337 e. The van der Waals surface area contributed by atoms with Crippen LogP contribution in [0.3, 0.4) is 0 Å². The predicted molar refractivity (Wildman–Crippen MR) is 112 cm³/mol. The molecule has 0 unspecified atom stereocenters. The van der Waals surface area contributed by atoms with Crippen LogP contribution in [0.25, 0.3) is 5.65 Å². The van der Waals surface area contributed by atoms with Crippen molar-refractivity contribution < 1.29 is 4.79 Å². The van der Waals surface area contributed by atoms with Gasteiger partial charge in [0.25, 0.3) is 5.91 Å². The summed E-state index contributed by atoms with van der Waals surface area (Å²) in [5, 5.41) is 3.76. The number of fused-ring (bicyclic) bond motifs is 2. The Kier molecular flexibility index (Phi) is 4.29. The van der Waals surface area contributed by atoms with Gasteiger partial charge in [0.15, 0.2) is 0 Å². The minimum Gasteiger partial charge on any atom is -0.337 e. The first-order valence-electron chi connectivity index (χ1n) is 9.79. The Balaban J connectivity index is 1.32. The Bertz CT molecular complexity index is 1070. The molecule has 0 bridgehead atoms. The molecule has 0 saturated carbocycles. The third-order valence-electron chi connectivity index (χ3n) is 6.23. The number of carbonyl (C=O) groups is 1. The van der Waals surface area contributed by atoms with Crippen molar-refractivity contribution in [3.8, 4) is 0 Å². The van der Waals surface area contributed by atoms with Crippen LogP contribution < -0.4 is 5.32 Å². The van der Waals surface area contributed by atoms with Gasteiger partial charge in [-0.05, 0) is 64.9 Å². The number of aromatic nitrogens is 2. The highest BCUT2D eigenvalue weighted by Crippen LogP contribution is 2.32. The minimum atomic E-state index is 0.0327. The van der Waals surface area contributed by atoms with Crippen molar-refractivity contribution in [1.82, 2.24) is 19.6 Å². The lowest BCUT2D eigenvalue weighted by Gasteiger charge is -2.45. The molecular weight excluding hydrogens is 416 g/mol. The molecule has 2 aromatic heterocycles. The van der Waals surface area contributed by atoms with Crippen LogP contribution in [0.5, 0.6) is 0 Å². The number of aryl methyl sites for hydroxylation is 1. The molecule has 1 spiro atoms. The highest BCUT2D eigenvalue weighted by Gasteiger charge is 2.38. The van der Waals surface area contributed by atoms with Crippen LogP contribution in [-0.2, 0) is 13.0 Å². The molecule has 1 aromatic carbocycles. The van der Waals surface area contributed by atoms with Gasteiger partial charge in [0.2, 0.25) is 0 Å². The quantitative estimate of drug-likeness (QED) is 0.629. The first kappa shape index (κ1) is 17.9. The molecule has 5 nitrogen and oxygen atoms in total. The normalized spacial score (nSPS) is 18.4. The van der Waals surface area contributed by atoms with Crippen molar-refractivity contribution in [1.29, 1.82) is 0 Å². The van der Waals surface area contributed by atoms with E-state index in [1.165, 1.54) is 11.1 Å². The van der Waals surface area contributed by atoms with E-state index < -0.39 is 0 Å². The summed E-state index contributed by atoms with van der Waals surface area (Å²) in [7, 11) is 0. The Morgan fingerprint density at radius 2 is 1.93 bits per heavy atom.